The number of benzene rings is 3. The molecule has 0 unspecified atom stereocenters. The van der Waals surface area contributed by atoms with Crippen LogP contribution < -0.4 is 25.5 Å². The monoisotopic (exact) mass is 536 g/mol. The highest BCUT2D eigenvalue weighted by atomic mass is 35.5. The summed E-state index contributed by atoms with van der Waals surface area (Å²) in [6, 6.07) is 18.9. The normalized spacial score (nSPS) is 10.6. The van der Waals surface area contributed by atoms with E-state index in [1.807, 2.05) is 31.2 Å². The van der Waals surface area contributed by atoms with Crippen molar-refractivity contribution in [2.45, 2.75) is 26.7 Å². The molecule has 0 aliphatic carbocycles. The summed E-state index contributed by atoms with van der Waals surface area (Å²) >= 11 is 6.08. The molecule has 0 saturated heterocycles. The SMILES string of the molecule is CCCOc1ccc(NC(=O)C(=O)N/N=C\c2cc(Cl)ccc2OCC(=O)Nc2ccc(CC)cc2)cc1. The van der Waals surface area contributed by atoms with Crippen molar-refractivity contribution in [1.29, 1.82) is 0 Å². The number of halogens is 1. The second kappa shape index (κ2) is 14.4. The van der Waals surface area contributed by atoms with Gasteiger partial charge in [-0.25, -0.2) is 5.43 Å². The number of aryl methyl sites for hydroxylation is 1. The van der Waals surface area contributed by atoms with E-state index in [0.29, 0.717) is 40.1 Å². The molecule has 0 aliphatic heterocycles. The van der Waals surface area contributed by atoms with Crippen LogP contribution in [0.15, 0.2) is 71.8 Å². The van der Waals surface area contributed by atoms with Crippen LogP contribution in [-0.2, 0) is 20.8 Å². The molecule has 0 spiro atoms. The predicted octanol–water partition coefficient (Wildman–Crippen LogP) is 4.80. The Morgan fingerprint density at radius 2 is 1.55 bits per heavy atom. The summed E-state index contributed by atoms with van der Waals surface area (Å²) < 4.78 is 11.1. The zero-order valence-corrected chi connectivity index (χ0v) is 21.9. The Hall–Kier alpha value is -4.37. The van der Waals surface area contributed by atoms with Gasteiger partial charge < -0.3 is 20.1 Å². The number of hydrogen-bond donors (Lipinski definition) is 3. The number of nitrogens with one attached hydrogen (secondary N) is 3. The van der Waals surface area contributed by atoms with Gasteiger partial charge in [0.05, 0.1) is 12.8 Å². The van der Waals surface area contributed by atoms with Gasteiger partial charge >= 0.3 is 11.8 Å². The van der Waals surface area contributed by atoms with Gasteiger partial charge in [-0.05, 0) is 73.0 Å². The van der Waals surface area contributed by atoms with Gasteiger partial charge in [-0.2, -0.15) is 5.10 Å². The average Bonchev–Trinajstić information content (AvgIpc) is 2.92. The Morgan fingerprint density at radius 3 is 2.24 bits per heavy atom. The first-order valence-corrected chi connectivity index (χ1v) is 12.4. The average molecular weight is 537 g/mol. The number of ether oxygens (including phenoxy) is 2. The highest BCUT2D eigenvalue weighted by Gasteiger charge is 2.13. The second-order valence-corrected chi connectivity index (χ2v) is 8.53. The van der Waals surface area contributed by atoms with Gasteiger partial charge in [0.15, 0.2) is 6.61 Å². The van der Waals surface area contributed by atoms with E-state index in [9.17, 15) is 14.4 Å². The number of hydrazone groups is 1. The van der Waals surface area contributed by atoms with E-state index in [-0.39, 0.29) is 12.5 Å². The molecule has 0 fully saturated rings. The van der Waals surface area contributed by atoms with Gasteiger partial charge in [-0.1, -0.05) is 37.6 Å². The van der Waals surface area contributed by atoms with Gasteiger partial charge in [0, 0.05) is 22.0 Å². The molecule has 3 amide bonds. The first kappa shape index (κ1) is 28.2. The molecule has 0 aliphatic rings. The lowest BCUT2D eigenvalue weighted by molar-refractivity contribution is -0.136. The predicted molar refractivity (Wildman–Crippen MR) is 148 cm³/mol. The highest BCUT2D eigenvalue weighted by molar-refractivity contribution is 6.39. The van der Waals surface area contributed by atoms with Gasteiger partial charge in [0.1, 0.15) is 11.5 Å². The first-order chi connectivity index (χ1) is 18.4. The lowest BCUT2D eigenvalue weighted by atomic mass is 10.1. The van der Waals surface area contributed by atoms with Crippen molar-refractivity contribution in [3.05, 3.63) is 82.9 Å². The molecule has 0 atom stereocenters. The van der Waals surface area contributed by atoms with Crippen molar-refractivity contribution < 1.29 is 23.9 Å². The molecule has 3 aromatic carbocycles. The number of carbonyl (C=O) groups excluding carboxylic acids is 3. The number of hydrogen-bond acceptors (Lipinski definition) is 6. The molecule has 3 aromatic rings. The van der Waals surface area contributed by atoms with E-state index < -0.39 is 11.8 Å². The van der Waals surface area contributed by atoms with Crippen molar-refractivity contribution >= 4 is 46.9 Å². The molecule has 10 heteroatoms. The summed E-state index contributed by atoms with van der Waals surface area (Å²) in [7, 11) is 0. The third-order valence-electron chi connectivity index (χ3n) is 5.14. The van der Waals surface area contributed by atoms with Crippen LogP contribution in [0.4, 0.5) is 11.4 Å². The molecule has 0 heterocycles. The number of nitrogens with zero attached hydrogens (tertiary/aromatic N) is 1. The van der Waals surface area contributed by atoms with E-state index in [2.05, 4.69) is 28.1 Å². The van der Waals surface area contributed by atoms with Crippen molar-refractivity contribution in [1.82, 2.24) is 5.43 Å². The zero-order valence-electron chi connectivity index (χ0n) is 21.1. The minimum Gasteiger partial charge on any atom is -0.494 e. The summed E-state index contributed by atoms with van der Waals surface area (Å²) in [4.78, 5) is 36.6. The molecular formula is C28H29ClN4O5. The van der Waals surface area contributed by atoms with Crippen LogP contribution in [0.3, 0.4) is 0 Å². The standard InChI is InChI=1S/C28H29ClN4O5/c1-3-15-37-24-12-10-23(11-13-24)32-27(35)28(36)33-30-17-20-16-21(29)7-14-25(20)38-18-26(34)31-22-8-5-19(4-2)6-9-22/h5-14,16-17H,3-4,15,18H2,1-2H3,(H,31,34)(H,32,35)(H,33,36)/b30-17-. The van der Waals surface area contributed by atoms with E-state index in [0.717, 1.165) is 12.8 Å². The Morgan fingerprint density at radius 1 is 0.868 bits per heavy atom. The molecule has 198 valence electrons. The van der Waals surface area contributed by atoms with Gasteiger partial charge in [-0.3, -0.25) is 14.4 Å². The van der Waals surface area contributed by atoms with Crippen LogP contribution in [0.2, 0.25) is 5.02 Å². The minimum absolute atomic E-state index is 0.255. The molecule has 0 radical (unpaired) electrons. The summed E-state index contributed by atoms with van der Waals surface area (Å²) in [5.41, 5.74) is 4.83. The van der Waals surface area contributed by atoms with Crippen LogP contribution in [0, 0.1) is 0 Å². The largest absolute Gasteiger partial charge is 0.494 e. The molecule has 0 saturated carbocycles. The third kappa shape index (κ3) is 8.94. The van der Waals surface area contributed by atoms with Crippen LogP contribution in [0.5, 0.6) is 11.5 Å². The van der Waals surface area contributed by atoms with Crippen LogP contribution in [-0.4, -0.2) is 37.1 Å². The summed E-state index contributed by atoms with van der Waals surface area (Å²) in [6.07, 6.45) is 3.06. The fraction of sp³-hybridized carbons (Fsp3) is 0.214. The Bertz CT molecular complexity index is 1280. The van der Waals surface area contributed by atoms with Crippen LogP contribution in [0.1, 0.15) is 31.4 Å². The van der Waals surface area contributed by atoms with Gasteiger partial charge in [-0.15, -0.1) is 0 Å². The quantitative estimate of drug-likeness (QED) is 0.185. The van der Waals surface area contributed by atoms with Crippen molar-refractivity contribution in [2.75, 3.05) is 23.8 Å². The summed E-state index contributed by atoms with van der Waals surface area (Å²) in [5.74, 6) is -1.22. The Kier molecular flexibility index (Phi) is 10.7. The third-order valence-corrected chi connectivity index (χ3v) is 5.37. The topological polar surface area (TPSA) is 118 Å². The maximum Gasteiger partial charge on any atom is 0.329 e. The van der Waals surface area contributed by atoms with Gasteiger partial charge in [0.2, 0.25) is 0 Å². The van der Waals surface area contributed by atoms with Crippen LogP contribution >= 0.6 is 11.6 Å². The number of anilines is 2. The molecule has 0 bridgehead atoms. The number of carbonyl (C=O) groups is 3. The number of amides is 3. The lowest BCUT2D eigenvalue weighted by Crippen LogP contribution is -2.32. The molecular weight excluding hydrogens is 508 g/mol. The summed E-state index contributed by atoms with van der Waals surface area (Å²) in [6.45, 7) is 4.39. The maximum absolute atomic E-state index is 12.3. The smallest absolute Gasteiger partial charge is 0.329 e. The molecule has 3 rings (SSSR count). The van der Waals surface area contributed by atoms with Crippen molar-refractivity contribution in [3.8, 4) is 11.5 Å². The van der Waals surface area contributed by atoms with E-state index in [1.54, 1.807) is 42.5 Å². The molecule has 38 heavy (non-hydrogen) atoms. The van der Waals surface area contributed by atoms with Crippen LogP contribution in [0.25, 0.3) is 0 Å². The first-order valence-electron chi connectivity index (χ1n) is 12.1. The maximum atomic E-state index is 12.3. The Balaban J connectivity index is 1.53. The molecule has 9 nitrogen and oxygen atoms in total. The highest BCUT2D eigenvalue weighted by Crippen LogP contribution is 2.22. The van der Waals surface area contributed by atoms with E-state index in [1.165, 1.54) is 11.8 Å². The van der Waals surface area contributed by atoms with E-state index in [4.69, 9.17) is 21.1 Å². The number of rotatable bonds is 11. The minimum atomic E-state index is -0.967. The fourth-order valence-corrected chi connectivity index (χ4v) is 3.35. The van der Waals surface area contributed by atoms with E-state index >= 15 is 0 Å². The van der Waals surface area contributed by atoms with Crippen molar-refractivity contribution in [3.63, 3.8) is 0 Å². The second-order valence-electron chi connectivity index (χ2n) is 8.10. The zero-order chi connectivity index (χ0) is 27.3. The Labute approximate surface area is 226 Å². The lowest BCUT2D eigenvalue weighted by Gasteiger charge is -2.10. The van der Waals surface area contributed by atoms with Crippen molar-refractivity contribution in [2.24, 2.45) is 5.10 Å². The summed E-state index contributed by atoms with van der Waals surface area (Å²) in [5, 5.41) is 9.47. The van der Waals surface area contributed by atoms with Gasteiger partial charge in [0.25, 0.3) is 5.91 Å². The fourth-order valence-electron chi connectivity index (χ4n) is 3.17. The molecule has 3 N–H and O–H groups in total. The molecule has 0 aromatic heterocycles.